The first kappa shape index (κ1) is 20.8. The molecule has 2 aromatic rings. The molecule has 0 saturated heterocycles. The second kappa shape index (κ2) is 9.50. The lowest BCUT2D eigenvalue weighted by atomic mass is 9.87. The molecular weight excluding hydrogens is 410 g/mol. The highest BCUT2D eigenvalue weighted by molar-refractivity contribution is 8.03. The van der Waals surface area contributed by atoms with Gasteiger partial charge in [0, 0.05) is 23.0 Å². The summed E-state index contributed by atoms with van der Waals surface area (Å²) in [5.41, 5.74) is 1.91. The van der Waals surface area contributed by atoms with Gasteiger partial charge in [0.05, 0.1) is 29.5 Å². The van der Waals surface area contributed by atoms with Crippen LogP contribution in [0.3, 0.4) is 0 Å². The standard InChI is InChI=1S/C21H18ClN3O3S/c1-28-16-8-6-15(7-9-16)24-20(27)12-29-21-18(11-23)17(10-19(26)25-21)13-2-4-14(22)5-3-13/h2-9,17H,10,12H2,1H3,(H,24,27)(H,25,26). The number of anilines is 1. The number of nitrogens with zero attached hydrogens (tertiary/aromatic N) is 1. The number of carbonyl (C=O) groups excluding carboxylic acids is 2. The number of rotatable bonds is 6. The van der Waals surface area contributed by atoms with Gasteiger partial charge in [-0.1, -0.05) is 35.5 Å². The molecule has 0 radical (unpaired) electrons. The number of hydrogen-bond acceptors (Lipinski definition) is 5. The minimum atomic E-state index is -0.363. The minimum Gasteiger partial charge on any atom is -0.497 e. The molecule has 0 aromatic heterocycles. The molecule has 1 unspecified atom stereocenters. The molecule has 8 heteroatoms. The van der Waals surface area contributed by atoms with Gasteiger partial charge in [-0.3, -0.25) is 9.59 Å². The van der Waals surface area contributed by atoms with Crippen molar-refractivity contribution in [2.75, 3.05) is 18.2 Å². The Hall–Kier alpha value is -2.95. The van der Waals surface area contributed by atoms with Crippen molar-refractivity contribution < 1.29 is 14.3 Å². The van der Waals surface area contributed by atoms with Gasteiger partial charge in [0.2, 0.25) is 11.8 Å². The molecule has 29 heavy (non-hydrogen) atoms. The maximum absolute atomic E-state index is 12.3. The van der Waals surface area contributed by atoms with Gasteiger partial charge in [-0.15, -0.1) is 0 Å². The van der Waals surface area contributed by atoms with E-state index in [9.17, 15) is 14.9 Å². The van der Waals surface area contributed by atoms with Gasteiger partial charge >= 0.3 is 0 Å². The van der Waals surface area contributed by atoms with Crippen LogP contribution in [0.1, 0.15) is 17.9 Å². The van der Waals surface area contributed by atoms with E-state index in [4.69, 9.17) is 16.3 Å². The average molecular weight is 428 g/mol. The summed E-state index contributed by atoms with van der Waals surface area (Å²) >= 11 is 7.07. The summed E-state index contributed by atoms with van der Waals surface area (Å²) in [5, 5.41) is 16.2. The van der Waals surface area contributed by atoms with E-state index < -0.39 is 0 Å². The Kier molecular flexibility index (Phi) is 6.81. The zero-order chi connectivity index (χ0) is 20.8. The Bertz CT molecular complexity index is 982. The summed E-state index contributed by atoms with van der Waals surface area (Å²) in [6.07, 6.45) is 0.173. The lowest BCUT2D eigenvalue weighted by Crippen LogP contribution is -2.31. The SMILES string of the molecule is COc1ccc(NC(=O)CSC2=C(C#N)C(c3ccc(Cl)cc3)CC(=O)N2)cc1. The van der Waals surface area contributed by atoms with Crippen LogP contribution in [-0.2, 0) is 9.59 Å². The molecule has 6 nitrogen and oxygen atoms in total. The van der Waals surface area contributed by atoms with Crippen molar-refractivity contribution in [3.63, 3.8) is 0 Å². The van der Waals surface area contributed by atoms with Crippen LogP contribution in [0.5, 0.6) is 5.75 Å². The van der Waals surface area contributed by atoms with Gasteiger partial charge in [0.25, 0.3) is 0 Å². The van der Waals surface area contributed by atoms with Crippen molar-refractivity contribution in [2.45, 2.75) is 12.3 Å². The van der Waals surface area contributed by atoms with E-state index in [0.29, 0.717) is 27.1 Å². The number of ether oxygens (including phenoxy) is 1. The Morgan fingerprint density at radius 1 is 1.28 bits per heavy atom. The maximum Gasteiger partial charge on any atom is 0.234 e. The fraction of sp³-hybridized carbons (Fsp3) is 0.190. The predicted octanol–water partition coefficient (Wildman–Crippen LogP) is 4.06. The topological polar surface area (TPSA) is 91.2 Å². The summed E-state index contributed by atoms with van der Waals surface area (Å²) in [6, 6.07) is 16.2. The Labute approximate surface area is 177 Å². The summed E-state index contributed by atoms with van der Waals surface area (Å²) in [6.45, 7) is 0. The number of allylic oxidation sites excluding steroid dienone is 1. The van der Waals surface area contributed by atoms with Crippen molar-refractivity contribution >= 4 is 40.9 Å². The molecule has 0 bridgehead atoms. The van der Waals surface area contributed by atoms with Crippen molar-refractivity contribution in [1.29, 1.82) is 5.26 Å². The van der Waals surface area contributed by atoms with Crippen LogP contribution in [0.25, 0.3) is 0 Å². The molecule has 1 atom stereocenters. The van der Waals surface area contributed by atoms with E-state index in [2.05, 4.69) is 16.7 Å². The quantitative estimate of drug-likeness (QED) is 0.725. The van der Waals surface area contributed by atoms with Gasteiger partial charge in [-0.2, -0.15) is 5.26 Å². The second-order valence-corrected chi connectivity index (χ2v) is 7.70. The van der Waals surface area contributed by atoms with Crippen molar-refractivity contribution in [3.8, 4) is 11.8 Å². The van der Waals surface area contributed by atoms with Gasteiger partial charge in [0.15, 0.2) is 0 Å². The number of thioether (sulfide) groups is 1. The first-order chi connectivity index (χ1) is 14.0. The normalized spacial score (nSPS) is 16.0. The molecule has 0 saturated carbocycles. The van der Waals surface area contributed by atoms with Crippen molar-refractivity contribution in [2.24, 2.45) is 0 Å². The number of amides is 2. The summed E-state index contributed by atoms with van der Waals surface area (Å²) in [5.74, 6) is -0.0486. The highest BCUT2D eigenvalue weighted by Gasteiger charge is 2.29. The lowest BCUT2D eigenvalue weighted by Gasteiger charge is -2.25. The number of methoxy groups -OCH3 is 1. The maximum atomic E-state index is 12.3. The number of hydrogen-bond donors (Lipinski definition) is 2. The molecule has 1 heterocycles. The number of benzene rings is 2. The number of nitriles is 1. The van der Waals surface area contributed by atoms with Crippen LogP contribution in [0.4, 0.5) is 5.69 Å². The number of nitrogens with one attached hydrogen (secondary N) is 2. The lowest BCUT2D eigenvalue weighted by molar-refractivity contribution is -0.121. The van der Waals surface area contributed by atoms with E-state index in [0.717, 1.165) is 17.3 Å². The first-order valence-corrected chi connectivity index (χ1v) is 10.1. The zero-order valence-electron chi connectivity index (χ0n) is 15.6. The van der Waals surface area contributed by atoms with Crippen LogP contribution in [-0.4, -0.2) is 24.7 Å². The number of carbonyl (C=O) groups is 2. The smallest absolute Gasteiger partial charge is 0.234 e. The Balaban J connectivity index is 1.71. The Morgan fingerprint density at radius 2 is 1.97 bits per heavy atom. The molecule has 3 rings (SSSR count). The molecule has 2 aromatic carbocycles. The fourth-order valence-corrected chi connectivity index (χ4v) is 3.92. The third kappa shape index (κ3) is 5.31. The monoisotopic (exact) mass is 427 g/mol. The molecule has 2 amide bonds. The van der Waals surface area contributed by atoms with Gasteiger partial charge in [-0.05, 0) is 42.0 Å². The van der Waals surface area contributed by atoms with Crippen LogP contribution >= 0.6 is 23.4 Å². The fourth-order valence-electron chi connectivity index (χ4n) is 2.92. The van der Waals surface area contributed by atoms with Crippen LogP contribution in [0.15, 0.2) is 59.1 Å². The van der Waals surface area contributed by atoms with E-state index in [-0.39, 0.29) is 29.9 Å². The van der Waals surface area contributed by atoms with Crippen LogP contribution in [0.2, 0.25) is 5.02 Å². The molecule has 0 aliphatic carbocycles. The molecule has 1 aliphatic heterocycles. The average Bonchev–Trinajstić information content (AvgIpc) is 2.73. The molecule has 2 N–H and O–H groups in total. The van der Waals surface area contributed by atoms with E-state index in [1.54, 1.807) is 43.5 Å². The van der Waals surface area contributed by atoms with E-state index >= 15 is 0 Å². The largest absolute Gasteiger partial charge is 0.497 e. The van der Waals surface area contributed by atoms with Gasteiger partial charge in [-0.25, -0.2) is 0 Å². The molecular formula is C21H18ClN3O3S. The highest BCUT2D eigenvalue weighted by Crippen LogP contribution is 2.36. The third-order valence-corrected chi connectivity index (χ3v) is 5.62. The van der Waals surface area contributed by atoms with Gasteiger partial charge < -0.3 is 15.4 Å². The van der Waals surface area contributed by atoms with Gasteiger partial charge in [0.1, 0.15) is 5.75 Å². The summed E-state index contributed by atoms with van der Waals surface area (Å²) in [4.78, 5) is 24.5. The molecule has 1 aliphatic rings. The van der Waals surface area contributed by atoms with Crippen molar-refractivity contribution in [3.05, 3.63) is 69.7 Å². The summed E-state index contributed by atoms with van der Waals surface area (Å²) in [7, 11) is 1.57. The minimum absolute atomic E-state index is 0.0557. The Morgan fingerprint density at radius 3 is 2.59 bits per heavy atom. The highest BCUT2D eigenvalue weighted by atomic mass is 35.5. The third-order valence-electron chi connectivity index (χ3n) is 4.35. The second-order valence-electron chi connectivity index (χ2n) is 6.28. The van der Waals surface area contributed by atoms with Crippen molar-refractivity contribution in [1.82, 2.24) is 5.32 Å². The first-order valence-electron chi connectivity index (χ1n) is 8.76. The van der Waals surface area contributed by atoms with E-state index in [1.165, 1.54) is 0 Å². The molecule has 148 valence electrons. The molecule has 0 fully saturated rings. The zero-order valence-corrected chi connectivity index (χ0v) is 17.1. The molecule has 0 spiro atoms. The number of halogens is 1. The van der Waals surface area contributed by atoms with Crippen LogP contribution < -0.4 is 15.4 Å². The van der Waals surface area contributed by atoms with Crippen LogP contribution in [0, 0.1) is 11.3 Å². The predicted molar refractivity (Wildman–Crippen MR) is 114 cm³/mol. The van der Waals surface area contributed by atoms with E-state index in [1.807, 2.05) is 12.1 Å². The summed E-state index contributed by atoms with van der Waals surface area (Å²) < 4.78 is 5.09.